The van der Waals surface area contributed by atoms with Gasteiger partial charge < -0.3 is 5.32 Å². The van der Waals surface area contributed by atoms with Crippen molar-refractivity contribution in [2.75, 3.05) is 26.2 Å². The first-order chi connectivity index (χ1) is 9.13. The molecule has 3 rings (SSSR count). The van der Waals surface area contributed by atoms with E-state index < -0.39 is 4.92 Å². The fourth-order valence-electron chi connectivity index (χ4n) is 3.10. The number of rotatable bonds is 3. The van der Waals surface area contributed by atoms with E-state index in [1.165, 1.54) is 12.1 Å². The van der Waals surface area contributed by atoms with Crippen molar-refractivity contribution in [2.45, 2.75) is 6.54 Å². The SMILES string of the molecule is O=[N+]([O-])c1ccc(CN2C[C@H]3CNC[C@H]3C2)c(Cl)c1. The number of hydrogen-bond donors (Lipinski definition) is 1. The van der Waals surface area contributed by atoms with E-state index in [1.807, 2.05) is 0 Å². The summed E-state index contributed by atoms with van der Waals surface area (Å²) in [6.45, 7) is 5.17. The Morgan fingerprint density at radius 2 is 2.05 bits per heavy atom. The van der Waals surface area contributed by atoms with Crippen LogP contribution >= 0.6 is 11.6 Å². The quantitative estimate of drug-likeness (QED) is 0.679. The molecule has 0 radical (unpaired) electrons. The second-order valence-electron chi connectivity index (χ2n) is 5.41. The smallest absolute Gasteiger partial charge is 0.270 e. The molecule has 2 aliphatic heterocycles. The lowest BCUT2D eigenvalue weighted by molar-refractivity contribution is -0.384. The summed E-state index contributed by atoms with van der Waals surface area (Å²) in [5.41, 5.74) is 1.02. The summed E-state index contributed by atoms with van der Waals surface area (Å²) in [6.07, 6.45) is 0. The maximum atomic E-state index is 10.7. The van der Waals surface area contributed by atoms with Crippen molar-refractivity contribution in [3.05, 3.63) is 38.9 Å². The summed E-state index contributed by atoms with van der Waals surface area (Å²) in [6, 6.07) is 4.74. The Balaban J connectivity index is 1.69. The standard InChI is InChI=1S/C13H16ClN3O2/c14-13-3-12(17(18)19)2-1-9(13)6-16-7-10-4-15-5-11(10)8-16/h1-3,10-11,15H,4-8H2/t10-,11+. The van der Waals surface area contributed by atoms with Crippen LogP contribution in [0.2, 0.25) is 5.02 Å². The van der Waals surface area contributed by atoms with Gasteiger partial charge in [0.1, 0.15) is 0 Å². The van der Waals surface area contributed by atoms with Gasteiger partial charge in [0.25, 0.3) is 5.69 Å². The first-order valence-electron chi connectivity index (χ1n) is 6.49. The predicted octanol–water partition coefficient (Wildman–Crippen LogP) is 1.90. The summed E-state index contributed by atoms with van der Waals surface area (Å²) in [5.74, 6) is 1.49. The molecule has 5 nitrogen and oxygen atoms in total. The van der Waals surface area contributed by atoms with Gasteiger partial charge in [-0.15, -0.1) is 0 Å². The van der Waals surface area contributed by atoms with Crippen molar-refractivity contribution in [1.82, 2.24) is 10.2 Å². The molecular weight excluding hydrogens is 266 g/mol. The molecule has 102 valence electrons. The van der Waals surface area contributed by atoms with Crippen molar-refractivity contribution in [3.8, 4) is 0 Å². The van der Waals surface area contributed by atoms with Crippen LogP contribution in [-0.4, -0.2) is 36.0 Å². The monoisotopic (exact) mass is 281 g/mol. The van der Waals surface area contributed by atoms with Crippen LogP contribution in [0.25, 0.3) is 0 Å². The summed E-state index contributed by atoms with van der Waals surface area (Å²) in [4.78, 5) is 12.6. The Kier molecular flexibility index (Phi) is 3.43. The van der Waals surface area contributed by atoms with Crippen molar-refractivity contribution >= 4 is 17.3 Å². The highest BCUT2D eigenvalue weighted by Crippen LogP contribution is 2.29. The zero-order chi connectivity index (χ0) is 13.4. The van der Waals surface area contributed by atoms with Gasteiger partial charge in [-0.2, -0.15) is 0 Å². The van der Waals surface area contributed by atoms with E-state index in [-0.39, 0.29) is 5.69 Å². The zero-order valence-corrected chi connectivity index (χ0v) is 11.3. The number of fused-ring (bicyclic) bond motifs is 1. The number of hydrogen-bond acceptors (Lipinski definition) is 4. The van der Waals surface area contributed by atoms with Crippen molar-refractivity contribution < 1.29 is 4.92 Å². The zero-order valence-electron chi connectivity index (χ0n) is 10.5. The summed E-state index contributed by atoms with van der Waals surface area (Å²) in [5, 5.41) is 14.6. The average Bonchev–Trinajstić information content (AvgIpc) is 2.92. The lowest BCUT2D eigenvalue weighted by atomic mass is 10.0. The van der Waals surface area contributed by atoms with Crippen molar-refractivity contribution in [1.29, 1.82) is 0 Å². The maximum absolute atomic E-state index is 10.7. The molecule has 2 aliphatic rings. The van der Waals surface area contributed by atoms with Gasteiger partial charge in [-0.3, -0.25) is 15.0 Å². The maximum Gasteiger partial charge on any atom is 0.270 e. The minimum absolute atomic E-state index is 0.0521. The van der Waals surface area contributed by atoms with E-state index in [0.717, 1.165) is 50.1 Å². The van der Waals surface area contributed by atoms with Crippen LogP contribution in [0.15, 0.2) is 18.2 Å². The Labute approximate surface area is 116 Å². The van der Waals surface area contributed by atoms with Crippen LogP contribution in [0.5, 0.6) is 0 Å². The Morgan fingerprint density at radius 3 is 2.63 bits per heavy atom. The van der Waals surface area contributed by atoms with Gasteiger partial charge >= 0.3 is 0 Å². The van der Waals surface area contributed by atoms with Gasteiger partial charge in [-0.05, 0) is 36.6 Å². The van der Waals surface area contributed by atoms with E-state index >= 15 is 0 Å². The molecule has 2 heterocycles. The highest BCUT2D eigenvalue weighted by molar-refractivity contribution is 6.31. The third-order valence-electron chi connectivity index (χ3n) is 4.11. The normalized spacial score (nSPS) is 26.6. The Bertz CT molecular complexity index is 497. The van der Waals surface area contributed by atoms with Crippen molar-refractivity contribution in [2.24, 2.45) is 11.8 Å². The Morgan fingerprint density at radius 1 is 1.37 bits per heavy atom. The molecule has 1 aromatic rings. The topological polar surface area (TPSA) is 58.4 Å². The fraction of sp³-hybridized carbons (Fsp3) is 0.538. The van der Waals surface area contributed by atoms with E-state index in [4.69, 9.17) is 11.6 Å². The van der Waals surface area contributed by atoms with Crippen LogP contribution in [0, 0.1) is 22.0 Å². The van der Waals surface area contributed by atoms with Crippen LogP contribution < -0.4 is 5.32 Å². The van der Waals surface area contributed by atoms with E-state index in [2.05, 4.69) is 10.2 Å². The number of nitrogens with one attached hydrogen (secondary N) is 1. The second kappa shape index (κ2) is 5.07. The average molecular weight is 282 g/mol. The molecule has 0 bridgehead atoms. The number of likely N-dealkylation sites (tertiary alicyclic amines) is 1. The molecule has 0 saturated carbocycles. The minimum Gasteiger partial charge on any atom is -0.316 e. The molecule has 2 fully saturated rings. The number of halogens is 1. The van der Waals surface area contributed by atoms with Crippen LogP contribution in [0.1, 0.15) is 5.56 Å². The van der Waals surface area contributed by atoms with Crippen LogP contribution in [0.4, 0.5) is 5.69 Å². The first-order valence-corrected chi connectivity index (χ1v) is 6.87. The molecule has 0 unspecified atom stereocenters. The summed E-state index contributed by atoms with van der Waals surface area (Å²) < 4.78 is 0. The fourth-order valence-corrected chi connectivity index (χ4v) is 3.34. The predicted molar refractivity (Wildman–Crippen MR) is 73.2 cm³/mol. The highest BCUT2D eigenvalue weighted by Gasteiger charge is 2.35. The third-order valence-corrected chi connectivity index (χ3v) is 4.46. The lowest BCUT2D eigenvalue weighted by Crippen LogP contribution is -2.25. The third kappa shape index (κ3) is 2.59. The molecule has 2 atom stereocenters. The van der Waals surface area contributed by atoms with Gasteiger partial charge in [-0.25, -0.2) is 0 Å². The van der Waals surface area contributed by atoms with Crippen molar-refractivity contribution in [3.63, 3.8) is 0 Å². The molecule has 1 aromatic carbocycles. The molecule has 6 heteroatoms. The number of benzene rings is 1. The summed E-state index contributed by atoms with van der Waals surface area (Å²) >= 11 is 6.13. The molecule has 0 aliphatic carbocycles. The number of nitro groups is 1. The van der Waals surface area contributed by atoms with Crippen LogP contribution in [0.3, 0.4) is 0 Å². The molecule has 0 aromatic heterocycles. The van der Waals surface area contributed by atoms with Gasteiger partial charge in [0.05, 0.1) is 9.95 Å². The minimum atomic E-state index is -0.415. The molecule has 1 N–H and O–H groups in total. The largest absolute Gasteiger partial charge is 0.316 e. The van der Waals surface area contributed by atoms with Gasteiger partial charge in [0.2, 0.25) is 0 Å². The number of non-ortho nitro benzene ring substituents is 1. The molecule has 19 heavy (non-hydrogen) atoms. The lowest BCUT2D eigenvalue weighted by Gasteiger charge is -2.17. The molecule has 0 spiro atoms. The highest BCUT2D eigenvalue weighted by atomic mass is 35.5. The number of nitrogens with zero attached hydrogens (tertiary/aromatic N) is 2. The molecule has 0 amide bonds. The second-order valence-corrected chi connectivity index (χ2v) is 5.81. The number of nitro benzene ring substituents is 1. The molecule has 2 saturated heterocycles. The molecular formula is C13H16ClN3O2. The first kappa shape index (κ1) is 12.8. The van der Waals surface area contributed by atoms with Gasteiger partial charge in [-0.1, -0.05) is 11.6 Å². The Hall–Kier alpha value is -1.17. The van der Waals surface area contributed by atoms with E-state index in [0.29, 0.717) is 5.02 Å². The van der Waals surface area contributed by atoms with E-state index in [1.54, 1.807) is 6.07 Å². The summed E-state index contributed by atoms with van der Waals surface area (Å²) in [7, 11) is 0. The van der Waals surface area contributed by atoms with Gasteiger partial charge in [0, 0.05) is 31.8 Å². The van der Waals surface area contributed by atoms with E-state index in [9.17, 15) is 10.1 Å². The van der Waals surface area contributed by atoms with Crippen LogP contribution in [-0.2, 0) is 6.54 Å². The van der Waals surface area contributed by atoms with Gasteiger partial charge in [0.15, 0.2) is 0 Å².